The first-order valence-electron chi connectivity index (χ1n) is 5.69. The van der Waals surface area contributed by atoms with Gasteiger partial charge in [0.05, 0.1) is 0 Å². The van der Waals surface area contributed by atoms with Crippen LogP contribution in [0.25, 0.3) is 16.7 Å². The van der Waals surface area contributed by atoms with E-state index < -0.39 is 5.97 Å². The molecule has 1 N–H and O–H groups in total. The molecule has 0 aliphatic heterocycles. The SMILES string of the molecule is C/C(=C\C(=O)O)c1cncc(-c2ccccc2F)c1. The molecule has 1 aromatic heterocycles. The van der Waals surface area contributed by atoms with Crippen LogP contribution in [0, 0.1) is 5.82 Å². The quantitative estimate of drug-likeness (QED) is 0.857. The first-order valence-corrected chi connectivity index (χ1v) is 5.69. The van der Waals surface area contributed by atoms with Crippen LogP contribution in [-0.4, -0.2) is 16.1 Å². The van der Waals surface area contributed by atoms with Crippen LogP contribution < -0.4 is 0 Å². The topological polar surface area (TPSA) is 50.2 Å². The zero-order valence-corrected chi connectivity index (χ0v) is 10.3. The molecule has 0 atom stereocenters. The van der Waals surface area contributed by atoms with Crippen molar-refractivity contribution in [3.63, 3.8) is 0 Å². The van der Waals surface area contributed by atoms with Crippen molar-refractivity contribution in [2.75, 3.05) is 0 Å². The predicted octanol–water partition coefficient (Wildman–Crippen LogP) is 3.38. The fraction of sp³-hybridized carbons (Fsp3) is 0.0667. The van der Waals surface area contributed by atoms with Crippen LogP contribution in [0.5, 0.6) is 0 Å². The summed E-state index contributed by atoms with van der Waals surface area (Å²) in [5.41, 5.74) is 2.29. The number of pyridine rings is 1. The number of allylic oxidation sites excluding steroid dienone is 1. The minimum Gasteiger partial charge on any atom is -0.478 e. The molecule has 2 aromatic rings. The number of benzene rings is 1. The average molecular weight is 257 g/mol. The van der Waals surface area contributed by atoms with Crippen molar-refractivity contribution >= 4 is 11.5 Å². The summed E-state index contributed by atoms with van der Waals surface area (Å²) in [6.45, 7) is 1.68. The van der Waals surface area contributed by atoms with E-state index in [1.807, 2.05) is 0 Å². The summed E-state index contributed by atoms with van der Waals surface area (Å²) >= 11 is 0. The van der Waals surface area contributed by atoms with Gasteiger partial charge in [-0.05, 0) is 30.2 Å². The third-order valence-electron chi connectivity index (χ3n) is 2.72. The molecule has 2 rings (SSSR count). The molecule has 96 valence electrons. The number of hydrogen-bond acceptors (Lipinski definition) is 2. The number of carboxylic acid groups (broad SMARTS) is 1. The lowest BCUT2D eigenvalue weighted by atomic mass is 10.0. The predicted molar refractivity (Wildman–Crippen MR) is 70.9 cm³/mol. The molecule has 4 heteroatoms. The van der Waals surface area contributed by atoms with Gasteiger partial charge in [-0.2, -0.15) is 0 Å². The second-order valence-electron chi connectivity index (χ2n) is 4.11. The maximum Gasteiger partial charge on any atom is 0.328 e. The van der Waals surface area contributed by atoms with Gasteiger partial charge < -0.3 is 5.11 Å². The molecule has 0 bridgehead atoms. The first kappa shape index (κ1) is 13.0. The molecule has 1 aromatic carbocycles. The zero-order chi connectivity index (χ0) is 13.8. The second kappa shape index (κ2) is 5.44. The molecule has 0 aliphatic rings. The molecule has 0 spiro atoms. The highest BCUT2D eigenvalue weighted by molar-refractivity contribution is 5.89. The summed E-state index contributed by atoms with van der Waals surface area (Å²) in [4.78, 5) is 14.7. The van der Waals surface area contributed by atoms with Crippen molar-refractivity contribution in [1.82, 2.24) is 4.98 Å². The highest BCUT2D eigenvalue weighted by Crippen LogP contribution is 2.24. The number of rotatable bonds is 3. The van der Waals surface area contributed by atoms with Crippen LogP contribution in [-0.2, 0) is 4.79 Å². The Morgan fingerprint density at radius 1 is 1.32 bits per heavy atom. The van der Waals surface area contributed by atoms with Crippen LogP contribution in [0.4, 0.5) is 4.39 Å². The molecule has 3 nitrogen and oxygen atoms in total. The van der Waals surface area contributed by atoms with E-state index in [4.69, 9.17) is 5.11 Å². The summed E-state index contributed by atoms with van der Waals surface area (Å²) in [5.74, 6) is -1.35. The highest BCUT2D eigenvalue weighted by atomic mass is 19.1. The maximum atomic E-state index is 13.7. The summed E-state index contributed by atoms with van der Waals surface area (Å²) in [5, 5.41) is 8.72. The van der Waals surface area contributed by atoms with Crippen molar-refractivity contribution in [2.45, 2.75) is 6.92 Å². The van der Waals surface area contributed by atoms with E-state index in [-0.39, 0.29) is 5.82 Å². The van der Waals surface area contributed by atoms with Gasteiger partial charge in [0.1, 0.15) is 5.82 Å². The lowest BCUT2D eigenvalue weighted by Gasteiger charge is -2.06. The van der Waals surface area contributed by atoms with Gasteiger partial charge in [0.2, 0.25) is 0 Å². The van der Waals surface area contributed by atoms with E-state index in [0.29, 0.717) is 22.3 Å². The molecule has 0 fully saturated rings. The van der Waals surface area contributed by atoms with E-state index in [1.165, 1.54) is 6.07 Å². The van der Waals surface area contributed by atoms with Gasteiger partial charge in [-0.15, -0.1) is 0 Å². The highest BCUT2D eigenvalue weighted by Gasteiger charge is 2.06. The van der Waals surface area contributed by atoms with Crippen LogP contribution in [0.2, 0.25) is 0 Å². The third kappa shape index (κ3) is 3.04. The number of carbonyl (C=O) groups is 1. The largest absolute Gasteiger partial charge is 0.478 e. The fourth-order valence-corrected chi connectivity index (χ4v) is 1.77. The molecule has 0 saturated heterocycles. The van der Waals surface area contributed by atoms with Crippen molar-refractivity contribution in [1.29, 1.82) is 0 Å². The second-order valence-corrected chi connectivity index (χ2v) is 4.11. The fourth-order valence-electron chi connectivity index (χ4n) is 1.77. The standard InChI is InChI=1S/C15H12FNO2/c1-10(6-15(18)19)11-7-12(9-17-8-11)13-4-2-3-5-14(13)16/h2-9H,1H3,(H,18,19)/b10-6+. The van der Waals surface area contributed by atoms with E-state index in [1.54, 1.807) is 43.6 Å². The molecule has 0 aliphatic carbocycles. The van der Waals surface area contributed by atoms with Crippen molar-refractivity contribution in [3.8, 4) is 11.1 Å². The number of carboxylic acids is 1. The van der Waals surface area contributed by atoms with Crippen molar-refractivity contribution in [3.05, 3.63) is 60.2 Å². The van der Waals surface area contributed by atoms with E-state index in [9.17, 15) is 9.18 Å². The number of hydrogen-bond donors (Lipinski definition) is 1. The normalized spacial score (nSPS) is 11.4. The molecule has 0 unspecified atom stereocenters. The number of aromatic nitrogens is 1. The van der Waals surface area contributed by atoms with Gasteiger partial charge in [0.25, 0.3) is 0 Å². The molecule has 19 heavy (non-hydrogen) atoms. The Balaban J connectivity index is 2.46. The molecule has 0 saturated carbocycles. The van der Waals surface area contributed by atoms with Crippen molar-refractivity contribution in [2.24, 2.45) is 0 Å². The summed E-state index contributed by atoms with van der Waals surface area (Å²) in [7, 11) is 0. The van der Waals surface area contributed by atoms with Crippen molar-refractivity contribution < 1.29 is 14.3 Å². The van der Waals surface area contributed by atoms with Gasteiger partial charge in [-0.3, -0.25) is 4.98 Å². The summed E-state index contributed by atoms with van der Waals surface area (Å²) in [6.07, 6.45) is 4.21. The Hall–Kier alpha value is -2.49. The Bertz CT molecular complexity index is 650. The first-order chi connectivity index (χ1) is 9.08. The van der Waals surface area contributed by atoms with Gasteiger partial charge >= 0.3 is 5.97 Å². The molecular formula is C15H12FNO2. The van der Waals surface area contributed by atoms with E-state index >= 15 is 0 Å². The van der Waals surface area contributed by atoms with Crippen LogP contribution in [0.1, 0.15) is 12.5 Å². The Kier molecular flexibility index (Phi) is 3.71. The van der Waals surface area contributed by atoms with Gasteiger partial charge in [-0.25, -0.2) is 9.18 Å². The van der Waals surface area contributed by atoms with E-state index in [2.05, 4.69) is 4.98 Å². The zero-order valence-electron chi connectivity index (χ0n) is 10.3. The van der Waals surface area contributed by atoms with Gasteiger partial charge in [-0.1, -0.05) is 18.2 Å². The Labute approximate surface area is 110 Å². The monoisotopic (exact) mass is 257 g/mol. The minimum atomic E-state index is -1.02. The van der Waals surface area contributed by atoms with Crippen LogP contribution in [0.3, 0.4) is 0 Å². The molecule has 0 amide bonds. The molecule has 0 radical (unpaired) electrons. The third-order valence-corrected chi connectivity index (χ3v) is 2.72. The smallest absolute Gasteiger partial charge is 0.328 e. The lowest BCUT2D eigenvalue weighted by molar-refractivity contribution is -0.131. The van der Waals surface area contributed by atoms with Crippen LogP contribution >= 0.6 is 0 Å². The van der Waals surface area contributed by atoms with Gasteiger partial charge in [0, 0.05) is 29.6 Å². The summed E-state index contributed by atoms with van der Waals surface area (Å²) in [6, 6.07) is 8.12. The van der Waals surface area contributed by atoms with Gasteiger partial charge in [0.15, 0.2) is 0 Å². The molecular weight excluding hydrogens is 245 g/mol. The molecule has 1 heterocycles. The number of aliphatic carboxylic acids is 1. The average Bonchev–Trinajstić information content (AvgIpc) is 2.38. The number of halogens is 1. The van der Waals surface area contributed by atoms with Crippen LogP contribution in [0.15, 0.2) is 48.8 Å². The Morgan fingerprint density at radius 2 is 2.05 bits per heavy atom. The number of nitrogens with zero attached hydrogens (tertiary/aromatic N) is 1. The van der Waals surface area contributed by atoms with E-state index in [0.717, 1.165) is 6.08 Å². The maximum absolute atomic E-state index is 13.7. The minimum absolute atomic E-state index is 0.332. The Morgan fingerprint density at radius 3 is 2.74 bits per heavy atom. The summed E-state index contributed by atoms with van der Waals surface area (Å²) < 4.78 is 13.7. The lowest BCUT2D eigenvalue weighted by Crippen LogP contribution is -1.92.